The minimum Gasteiger partial charge on any atom is -0.356 e. The summed E-state index contributed by atoms with van der Waals surface area (Å²) < 4.78 is 0. The van der Waals surface area contributed by atoms with Gasteiger partial charge in [-0.15, -0.1) is 0 Å². The maximum Gasteiger partial charge on any atom is 0.254 e. The van der Waals surface area contributed by atoms with E-state index >= 15 is 0 Å². The minimum absolute atomic E-state index is 0.00884. The molecule has 5 nitrogen and oxygen atoms in total. The van der Waals surface area contributed by atoms with Crippen LogP contribution in [0, 0.1) is 0 Å². The number of piperidine rings is 1. The first kappa shape index (κ1) is 14.8. The van der Waals surface area contributed by atoms with Gasteiger partial charge in [-0.25, -0.2) is 4.98 Å². The van der Waals surface area contributed by atoms with Gasteiger partial charge in [0.2, 0.25) is 0 Å². The molecule has 0 bridgehead atoms. The Labute approximate surface area is 121 Å². The Morgan fingerprint density at radius 3 is 2.45 bits per heavy atom. The monoisotopic (exact) mass is 276 g/mol. The summed E-state index contributed by atoms with van der Waals surface area (Å²) in [6, 6.07) is 3.80. The van der Waals surface area contributed by atoms with Crippen LogP contribution in [0.2, 0.25) is 0 Å². The van der Waals surface area contributed by atoms with Crippen LogP contribution in [-0.4, -0.2) is 55.6 Å². The van der Waals surface area contributed by atoms with Gasteiger partial charge in [-0.2, -0.15) is 0 Å². The average molecular weight is 276 g/mol. The smallest absolute Gasteiger partial charge is 0.254 e. The zero-order valence-electron chi connectivity index (χ0n) is 12.8. The molecule has 1 amide bonds. The number of carbonyl (C=O) groups excluding carboxylic acids is 1. The third-order valence-corrected chi connectivity index (χ3v) is 4.20. The molecule has 0 unspecified atom stereocenters. The predicted octanol–water partition coefficient (Wildman–Crippen LogP) is 1.36. The second-order valence-electron chi connectivity index (χ2n) is 5.90. The zero-order valence-corrected chi connectivity index (χ0v) is 12.8. The van der Waals surface area contributed by atoms with Crippen LogP contribution in [-0.2, 0) is 0 Å². The molecule has 0 aromatic carbocycles. The topological polar surface area (TPSA) is 48.5 Å². The van der Waals surface area contributed by atoms with Crippen molar-refractivity contribution in [2.24, 2.45) is 0 Å². The first-order chi connectivity index (χ1) is 9.45. The van der Waals surface area contributed by atoms with Gasteiger partial charge in [0, 0.05) is 38.9 Å². The van der Waals surface area contributed by atoms with Crippen molar-refractivity contribution in [3.05, 3.63) is 23.9 Å². The SMILES string of the molecule is CNC1(C)CCN(c2ccc(C(=O)N(C)C)cn2)CC1. The van der Waals surface area contributed by atoms with Gasteiger partial charge < -0.3 is 15.1 Å². The van der Waals surface area contributed by atoms with Gasteiger partial charge in [0.15, 0.2) is 0 Å². The number of amides is 1. The lowest BCUT2D eigenvalue weighted by Gasteiger charge is -2.39. The molecule has 1 aliphatic heterocycles. The van der Waals surface area contributed by atoms with Gasteiger partial charge in [-0.05, 0) is 38.9 Å². The van der Waals surface area contributed by atoms with E-state index in [9.17, 15) is 4.79 Å². The average Bonchev–Trinajstić information content (AvgIpc) is 2.47. The van der Waals surface area contributed by atoms with Crippen LogP contribution in [0.1, 0.15) is 30.1 Å². The lowest BCUT2D eigenvalue weighted by Crippen LogP contribution is -2.50. The summed E-state index contributed by atoms with van der Waals surface area (Å²) in [4.78, 5) is 20.1. The van der Waals surface area contributed by atoms with Gasteiger partial charge in [-0.1, -0.05) is 0 Å². The molecular formula is C15H24N4O. The largest absolute Gasteiger partial charge is 0.356 e. The van der Waals surface area contributed by atoms with Crippen LogP contribution in [0.25, 0.3) is 0 Å². The fourth-order valence-corrected chi connectivity index (χ4v) is 2.44. The number of carbonyl (C=O) groups is 1. The van der Waals surface area contributed by atoms with E-state index in [1.165, 1.54) is 0 Å². The molecule has 0 atom stereocenters. The Kier molecular flexibility index (Phi) is 4.28. The second kappa shape index (κ2) is 5.79. The maximum atomic E-state index is 11.8. The van der Waals surface area contributed by atoms with Crippen molar-refractivity contribution in [2.45, 2.75) is 25.3 Å². The van der Waals surface area contributed by atoms with E-state index in [0.29, 0.717) is 5.56 Å². The highest BCUT2D eigenvalue weighted by Gasteiger charge is 2.28. The number of aromatic nitrogens is 1. The molecule has 1 aromatic rings. The van der Waals surface area contributed by atoms with Crippen molar-refractivity contribution in [1.82, 2.24) is 15.2 Å². The van der Waals surface area contributed by atoms with Crippen molar-refractivity contribution in [3.63, 3.8) is 0 Å². The Hall–Kier alpha value is -1.62. The van der Waals surface area contributed by atoms with Crippen LogP contribution >= 0.6 is 0 Å². The first-order valence-electron chi connectivity index (χ1n) is 7.07. The third kappa shape index (κ3) is 3.10. The summed E-state index contributed by atoms with van der Waals surface area (Å²) >= 11 is 0. The Balaban J connectivity index is 2.03. The summed E-state index contributed by atoms with van der Waals surface area (Å²) in [6.07, 6.45) is 3.87. The minimum atomic E-state index is -0.00884. The highest BCUT2D eigenvalue weighted by Crippen LogP contribution is 2.24. The van der Waals surface area contributed by atoms with E-state index in [0.717, 1.165) is 31.7 Å². The lowest BCUT2D eigenvalue weighted by atomic mass is 9.90. The molecule has 20 heavy (non-hydrogen) atoms. The molecule has 1 aliphatic rings. The van der Waals surface area contributed by atoms with E-state index in [2.05, 4.69) is 22.1 Å². The van der Waals surface area contributed by atoms with Crippen molar-refractivity contribution in [3.8, 4) is 0 Å². The molecule has 1 saturated heterocycles. The van der Waals surface area contributed by atoms with Crippen molar-refractivity contribution < 1.29 is 4.79 Å². The Morgan fingerprint density at radius 1 is 1.35 bits per heavy atom. The molecule has 2 rings (SSSR count). The number of rotatable bonds is 3. The predicted molar refractivity (Wildman–Crippen MR) is 81.2 cm³/mol. The lowest BCUT2D eigenvalue weighted by molar-refractivity contribution is 0.0827. The van der Waals surface area contributed by atoms with Gasteiger partial charge in [0.1, 0.15) is 5.82 Å². The summed E-state index contributed by atoms with van der Waals surface area (Å²) in [7, 11) is 5.52. The number of pyridine rings is 1. The van der Waals surface area contributed by atoms with Crippen LogP contribution in [0.4, 0.5) is 5.82 Å². The van der Waals surface area contributed by atoms with Gasteiger partial charge in [0.05, 0.1) is 5.56 Å². The van der Waals surface area contributed by atoms with Crippen molar-refractivity contribution in [1.29, 1.82) is 0 Å². The molecule has 0 spiro atoms. The molecule has 0 saturated carbocycles. The number of anilines is 1. The highest BCUT2D eigenvalue weighted by atomic mass is 16.2. The molecule has 1 N–H and O–H groups in total. The van der Waals surface area contributed by atoms with Crippen molar-refractivity contribution >= 4 is 11.7 Å². The normalized spacial score (nSPS) is 17.9. The Morgan fingerprint density at radius 2 is 2.00 bits per heavy atom. The molecule has 1 fully saturated rings. The molecule has 2 heterocycles. The fraction of sp³-hybridized carbons (Fsp3) is 0.600. The fourth-order valence-electron chi connectivity index (χ4n) is 2.44. The van der Waals surface area contributed by atoms with E-state index in [1.807, 2.05) is 19.2 Å². The van der Waals surface area contributed by atoms with E-state index in [1.54, 1.807) is 25.2 Å². The molecule has 110 valence electrons. The molecule has 0 aliphatic carbocycles. The van der Waals surface area contributed by atoms with Gasteiger partial charge in [0.25, 0.3) is 5.91 Å². The summed E-state index contributed by atoms with van der Waals surface area (Å²) in [5.74, 6) is 0.948. The molecule has 1 aromatic heterocycles. The first-order valence-corrected chi connectivity index (χ1v) is 7.07. The number of nitrogens with zero attached hydrogens (tertiary/aromatic N) is 3. The van der Waals surface area contributed by atoms with Crippen LogP contribution < -0.4 is 10.2 Å². The summed E-state index contributed by atoms with van der Waals surface area (Å²) in [5.41, 5.74) is 0.868. The molecule has 0 radical (unpaired) electrons. The quantitative estimate of drug-likeness (QED) is 0.905. The summed E-state index contributed by atoms with van der Waals surface area (Å²) in [6.45, 7) is 4.24. The third-order valence-electron chi connectivity index (χ3n) is 4.20. The summed E-state index contributed by atoms with van der Waals surface area (Å²) in [5, 5.41) is 3.39. The highest BCUT2D eigenvalue weighted by molar-refractivity contribution is 5.93. The number of hydrogen-bond acceptors (Lipinski definition) is 4. The van der Waals surface area contributed by atoms with Crippen LogP contribution in [0.15, 0.2) is 18.3 Å². The number of nitrogens with one attached hydrogen (secondary N) is 1. The van der Waals surface area contributed by atoms with Crippen LogP contribution in [0.5, 0.6) is 0 Å². The molecule has 5 heteroatoms. The number of hydrogen-bond donors (Lipinski definition) is 1. The van der Waals surface area contributed by atoms with E-state index < -0.39 is 0 Å². The zero-order chi connectivity index (χ0) is 14.8. The van der Waals surface area contributed by atoms with E-state index in [-0.39, 0.29) is 11.4 Å². The second-order valence-corrected chi connectivity index (χ2v) is 5.90. The van der Waals surface area contributed by atoms with Gasteiger partial charge >= 0.3 is 0 Å². The molecular weight excluding hydrogens is 252 g/mol. The van der Waals surface area contributed by atoms with Gasteiger partial charge in [-0.3, -0.25) is 4.79 Å². The van der Waals surface area contributed by atoms with E-state index in [4.69, 9.17) is 0 Å². The van der Waals surface area contributed by atoms with Crippen molar-refractivity contribution in [2.75, 3.05) is 39.1 Å². The maximum absolute atomic E-state index is 11.8. The Bertz CT molecular complexity index is 461. The van der Waals surface area contributed by atoms with Crippen LogP contribution in [0.3, 0.4) is 0 Å². The standard InChI is InChI=1S/C15H24N4O/c1-15(16-2)7-9-19(10-8-15)13-6-5-12(11-17-13)14(20)18(3)4/h5-6,11,16H,7-10H2,1-4H3.